The summed E-state index contributed by atoms with van der Waals surface area (Å²) in [5.74, 6) is 0.789. The normalized spacial score (nSPS) is 17.7. The molecule has 1 aliphatic rings. The Bertz CT molecular complexity index is 1150. The van der Waals surface area contributed by atoms with E-state index in [0.29, 0.717) is 25.1 Å². The number of sulfonamides is 1. The van der Waals surface area contributed by atoms with Crippen molar-refractivity contribution in [3.63, 3.8) is 0 Å². The number of nitrogens with zero attached hydrogens (tertiary/aromatic N) is 1. The van der Waals surface area contributed by atoms with Gasteiger partial charge in [-0.05, 0) is 54.2 Å². The molecule has 2 N–H and O–H groups in total. The van der Waals surface area contributed by atoms with Crippen LogP contribution in [0, 0.1) is 11.8 Å². The number of aliphatic hydroxyl groups is 1. The molecule has 1 aliphatic heterocycles. The maximum atomic E-state index is 13.1. The highest BCUT2D eigenvalue weighted by Crippen LogP contribution is 2.29. The molecule has 0 saturated carbocycles. The number of hydrogen-bond donors (Lipinski definition) is 2. The molecule has 38 heavy (non-hydrogen) atoms. The number of nitrogens with one attached hydrogen (secondary N) is 1. The van der Waals surface area contributed by atoms with Crippen LogP contribution in [0.5, 0.6) is 5.75 Å². The molecule has 0 unspecified atom stereocenters. The fourth-order valence-electron chi connectivity index (χ4n) is 4.11. The van der Waals surface area contributed by atoms with E-state index in [1.54, 1.807) is 12.1 Å². The molecule has 0 aliphatic carbocycles. The molecular weight excluding hydrogens is 508 g/mol. The average molecular weight is 547 g/mol. The van der Waals surface area contributed by atoms with Gasteiger partial charge in [-0.2, -0.15) is 4.31 Å². The molecule has 2 atom stereocenters. The Morgan fingerprint density at radius 3 is 2.47 bits per heavy atom. The Labute approximate surface area is 225 Å². The highest BCUT2D eigenvalue weighted by Gasteiger charge is 2.30. The van der Waals surface area contributed by atoms with Crippen molar-refractivity contribution in [2.75, 3.05) is 40.0 Å². The van der Waals surface area contributed by atoms with E-state index < -0.39 is 16.3 Å². The van der Waals surface area contributed by atoms with Crippen LogP contribution in [0.15, 0.2) is 71.3 Å². The summed E-state index contributed by atoms with van der Waals surface area (Å²) >= 11 is 0. The Balaban J connectivity index is 1.58. The summed E-state index contributed by atoms with van der Waals surface area (Å²) in [6.45, 7) is 4.25. The third-order valence-electron chi connectivity index (χ3n) is 6.40. The van der Waals surface area contributed by atoms with Crippen molar-refractivity contribution in [1.29, 1.82) is 0 Å². The standard InChI is InChI=1S/C28H38N2O7S/c1-21(2)23-19-26(28(32)29-14-13-22-7-5-4-6-8-22)37-27(20-23)36-18-16-30(15-17-31)38(33,34)25-11-9-24(35-3)10-12-25/h4-12,19,21,23,27,31H,13-18,20H2,1-3H3,(H,29,32)/t23-,27+/m1/s1. The number of carbonyl (C=O) groups excluding carboxylic acids is 1. The number of aliphatic hydroxyl groups excluding tert-OH is 1. The van der Waals surface area contributed by atoms with Gasteiger partial charge >= 0.3 is 0 Å². The molecule has 2 aromatic carbocycles. The molecule has 1 heterocycles. The first-order valence-corrected chi connectivity index (χ1v) is 14.3. The van der Waals surface area contributed by atoms with Crippen LogP contribution < -0.4 is 10.1 Å². The van der Waals surface area contributed by atoms with E-state index in [4.69, 9.17) is 14.2 Å². The quantitative estimate of drug-likeness (QED) is 0.374. The van der Waals surface area contributed by atoms with E-state index in [2.05, 4.69) is 19.2 Å². The van der Waals surface area contributed by atoms with Crippen LogP contribution in [0.4, 0.5) is 0 Å². The third-order valence-corrected chi connectivity index (χ3v) is 8.31. The fourth-order valence-corrected chi connectivity index (χ4v) is 5.52. The first-order chi connectivity index (χ1) is 18.2. The van der Waals surface area contributed by atoms with E-state index in [-0.39, 0.29) is 54.7 Å². The number of benzene rings is 2. The van der Waals surface area contributed by atoms with Crippen molar-refractivity contribution in [3.8, 4) is 5.75 Å². The molecular formula is C28H38N2O7S. The molecule has 1 amide bonds. The van der Waals surface area contributed by atoms with E-state index in [0.717, 1.165) is 5.56 Å². The number of hydrogen-bond acceptors (Lipinski definition) is 7. The van der Waals surface area contributed by atoms with E-state index in [9.17, 15) is 18.3 Å². The average Bonchev–Trinajstić information content (AvgIpc) is 2.93. The lowest BCUT2D eigenvalue weighted by Gasteiger charge is -2.31. The Kier molecular flexibility index (Phi) is 11.1. The molecule has 0 radical (unpaired) electrons. The van der Waals surface area contributed by atoms with Gasteiger partial charge in [0.25, 0.3) is 5.91 Å². The minimum atomic E-state index is -3.85. The summed E-state index contributed by atoms with van der Waals surface area (Å²) < 4.78 is 44.3. The second-order valence-corrected chi connectivity index (χ2v) is 11.3. The first kappa shape index (κ1) is 29.6. The van der Waals surface area contributed by atoms with Crippen molar-refractivity contribution in [2.45, 2.75) is 37.9 Å². The van der Waals surface area contributed by atoms with Crippen LogP contribution in [-0.4, -0.2) is 70.0 Å². The molecule has 208 valence electrons. The molecule has 9 nitrogen and oxygen atoms in total. The van der Waals surface area contributed by atoms with Crippen molar-refractivity contribution < 1.29 is 32.5 Å². The summed E-state index contributed by atoms with van der Waals surface area (Å²) in [5, 5.41) is 12.4. The second kappa shape index (κ2) is 14.3. The smallest absolute Gasteiger partial charge is 0.286 e. The van der Waals surface area contributed by atoms with Gasteiger partial charge in [-0.15, -0.1) is 0 Å². The molecule has 0 spiro atoms. The van der Waals surface area contributed by atoms with Crippen LogP contribution in [0.25, 0.3) is 0 Å². The lowest BCUT2D eigenvalue weighted by Crippen LogP contribution is -2.38. The molecule has 10 heteroatoms. The number of allylic oxidation sites excluding steroid dienone is 1. The van der Waals surface area contributed by atoms with E-state index in [1.807, 2.05) is 36.4 Å². The summed E-state index contributed by atoms with van der Waals surface area (Å²) in [5.41, 5.74) is 1.13. The van der Waals surface area contributed by atoms with Crippen molar-refractivity contribution in [1.82, 2.24) is 9.62 Å². The Morgan fingerprint density at radius 1 is 1.13 bits per heavy atom. The predicted octanol–water partition coefficient (Wildman–Crippen LogP) is 2.96. The van der Waals surface area contributed by atoms with Gasteiger partial charge in [0.05, 0.1) is 25.2 Å². The lowest BCUT2D eigenvalue weighted by atomic mass is 9.90. The van der Waals surface area contributed by atoms with Gasteiger partial charge in [-0.3, -0.25) is 4.79 Å². The predicted molar refractivity (Wildman–Crippen MR) is 144 cm³/mol. The molecule has 0 fully saturated rings. The van der Waals surface area contributed by atoms with Gasteiger partial charge in [0.15, 0.2) is 5.76 Å². The van der Waals surface area contributed by atoms with Gasteiger partial charge in [0.2, 0.25) is 16.3 Å². The zero-order valence-electron chi connectivity index (χ0n) is 22.2. The van der Waals surface area contributed by atoms with Crippen LogP contribution in [-0.2, 0) is 30.7 Å². The summed E-state index contributed by atoms with van der Waals surface area (Å²) in [6.07, 6.45) is 2.40. The SMILES string of the molecule is COc1ccc(S(=O)(=O)N(CCO)CCO[C@@H]2C[C@H](C(C)C)C=C(C(=O)NCCc3ccccc3)O2)cc1. The summed E-state index contributed by atoms with van der Waals surface area (Å²) in [4.78, 5) is 12.9. The van der Waals surface area contributed by atoms with Gasteiger partial charge in [0.1, 0.15) is 5.75 Å². The minimum Gasteiger partial charge on any atom is -0.497 e. The number of ether oxygens (including phenoxy) is 3. The van der Waals surface area contributed by atoms with Crippen molar-refractivity contribution >= 4 is 15.9 Å². The number of rotatable bonds is 14. The van der Waals surface area contributed by atoms with E-state index >= 15 is 0 Å². The van der Waals surface area contributed by atoms with Crippen molar-refractivity contribution in [3.05, 3.63) is 72.0 Å². The molecule has 0 bridgehead atoms. The summed E-state index contributed by atoms with van der Waals surface area (Å²) in [7, 11) is -2.35. The lowest BCUT2D eigenvalue weighted by molar-refractivity contribution is -0.150. The Hall–Kier alpha value is -2.92. The highest BCUT2D eigenvalue weighted by molar-refractivity contribution is 7.89. The van der Waals surface area contributed by atoms with Crippen LogP contribution in [0.2, 0.25) is 0 Å². The molecule has 0 aromatic heterocycles. The maximum Gasteiger partial charge on any atom is 0.286 e. The van der Waals surface area contributed by atoms with Gasteiger partial charge < -0.3 is 24.6 Å². The zero-order chi connectivity index (χ0) is 27.5. The number of carbonyl (C=O) groups is 1. The first-order valence-electron chi connectivity index (χ1n) is 12.8. The maximum absolute atomic E-state index is 13.1. The molecule has 3 rings (SSSR count). The highest BCUT2D eigenvalue weighted by atomic mass is 32.2. The fraction of sp³-hybridized carbons (Fsp3) is 0.464. The number of amides is 1. The van der Waals surface area contributed by atoms with Crippen LogP contribution in [0.3, 0.4) is 0 Å². The number of methoxy groups -OCH3 is 1. The minimum absolute atomic E-state index is 0.0173. The van der Waals surface area contributed by atoms with Crippen molar-refractivity contribution in [2.24, 2.45) is 11.8 Å². The molecule has 2 aromatic rings. The molecule has 0 saturated heterocycles. The summed E-state index contributed by atoms with van der Waals surface area (Å²) in [6, 6.07) is 16.0. The van der Waals surface area contributed by atoms with E-state index in [1.165, 1.54) is 23.5 Å². The largest absolute Gasteiger partial charge is 0.497 e. The van der Waals surface area contributed by atoms with Gasteiger partial charge in [-0.25, -0.2) is 8.42 Å². The third kappa shape index (κ3) is 8.29. The zero-order valence-corrected chi connectivity index (χ0v) is 23.0. The van der Waals surface area contributed by atoms with Gasteiger partial charge in [-0.1, -0.05) is 44.2 Å². The monoisotopic (exact) mass is 546 g/mol. The van der Waals surface area contributed by atoms with Crippen LogP contribution >= 0.6 is 0 Å². The second-order valence-electron chi connectivity index (χ2n) is 9.39. The van der Waals surface area contributed by atoms with Crippen LogP contribution in [0.1, 0.15) is 25.8 Å². The Morgan fingerprint density at radius 2 is 1.84 bits per heavy atom. The van der Waals surface area contributed by atoms with Gasteiger partial charge in [0, 0.05) is 26.1 Å². The topological polar surface area (TPSA) is 114 Å².